The van der Waals surface area contributed by atoms with E-state index in [1.807, 2.05) is 49.4 Å². The number of amides is 1. The molecule has 0 bridgehead atoms. The Morgan fingerprint density at radius 2 is 1.87 bits per heavy atom. The number of anilines is 1. The number of phenolic OH excluding ortho intramolecular Hbond substituents is 1. The van der Waals surface area contributed by atoms with Crippen LogP contribution in [0.3, 0.4) is 0 Å². The van der Waals surface area contributed by atoms with E-state index >= 15 is 0 Å². The number of carbonyl (C=O) groups is 1. The zero-order valence-electron chi connectivity index (χ0n) is 20.9. The fraction of sp³-hybridized carbons (Fsp3) is 0.138. The molecule has 0 unspecified atom stereocenters. The number of rotatable bonds is 6. The lowest BCUT2D eigenvalue weighted by Crippen LogP contribution is -2.40. The van der Waals surface area contributed by atoms with Crippen molar-refractivity contribution in [2.45, 2.75) is 19.9 Å². The van der Waals surface area contributed by atoms with Gasteiger partial charge in [0.1, 0.15) is 11.5 Å². The average molecular weight is 669 g/mol. The third-order valence-electron chi connectivity index (χ3n) is 6.15. The fourth-order valence-electron chi connectivity index (χ4n) is 4.40. The number of nitrogens with one attached hydrogen (secondary N) is 1. The number of phenols is 1. The molecule has 1 aliphatic heterocycles. The van der Waals surface area contributed by atoms with Gasteiger partial charge in [0.05, 0.1) is 32.9 Å². The number of hydrogen-bond acceptors (Lipinski definition) is 6. The van der Waals surface area contributed by atoms with Crippen LogP contribution < -0.4 is 24.9 Å². The second-order valence-electron chi connectivity index (χ2n) is 8.73. The Morgan fingerprint density at radius 3 is 2.56 bits per heavy atom. The largest absolute Gasteiger partial charge is 0.506 e. The van der Waals surface area contributed by atoms with E-state index in [-0.39, 0.29) is 17.2 Å². The summed E-state index contributed by atoms with van der Waals surface area (Å²) >= 11 is 7.98. The van der Waals surface area contributed by atoms with Crippen LogP contribution in [0.4, 0.5) is 5.69 Å². The van der Waals surface area contributed by atoms with Crippen molar-refractivity contribution in [2.75, 3.05) is 11.9 Å². The second kappa shape index (κ2) is 11.3. The molecule has 10 heteroatoms. The summed E-state index contributed by atoms with van der Waals surface area (Å²) in [6.45, 7) is 4.21. The van der Waals surface area contributed by atoms with Crippen LogP contribution in [0.25, 0.3) is 6.08 Å². The van der Waals surface area contributed by atoms with Crippen molar-refractivity contribution in [2.24, 2.45) is 4.99 Å². The standard InChI is InChI=1S/C29H23Br2N3O4S/c1-3-38-21-11-9-17(10-12-21)25-24(27(36)33-20-7-5-4-6-8-20)16(2)32-29-34(25)28(37)23(39-29)14-18-13-19(30)15-22(31)26(18)35/h4-15,25,35H,3H2,1-2H3,(H,33,36)/b23-14-/t25-/m0/s1. The third kappa shape index (κ3) is 5.50. The molecule has 198 valence electrons. The number of hydrogen-bond donors (Lipinski definition) is 2. The highest BCUT2D eigenvalue weighted by Crippen LogP contribution is 2.33. The van der Waals surface area contributed by atoms with Crippen molar-refractivity contribution in [1.82, 2.24) is 4.57 Å². The van der Waals surface area contributed by atoms with E-state index in [1.54, 1.807) is 41.8 Å². The molecule has 5 rings (SSSR count). The van der Waals surface area contributed by atoms with Gasteiger partial charge in [-0.05, 0) is 77.8 Å². The molecule has 7 nitrogen and oxygen atoms in total. The number of allylic oxidation sites excluding steroid dienone is 1. The van der Waals surface area contributed by atoms with Crippen molar-refractivity contribution < 1.29 is 14.6 Å². The molecule has 0 fully saturated rings. The van der Waals surface area contributed by atoms with E-state index < -0.39 is 6.04 Å². The quantitative estimate of drug-likeness (QED) is 0.284. The minimum absolute atomic E-state index is 0.0196. The fourth-order valence-corrected chi connectivity index (χ4v) is 6.69. The van der Waals surface area contributed by atoms with E-state index in [2.05, 4.69) is 42.2 Å². The molecule has 1 aliphatic rings. The predicted octanol–water partition coefficient (Wildman–Crippen LogP) is 5.50. The number of thiazole rings is 1. The maximum absolute atomic E-state index is 13.9. The van der Waals surface area contributed by atoms with Gasteiger partial charge in [0.2, 0.25) is 0 Å². The van der Waals surface area contributed by atoms with E-state index in [1.165, 1.54) is 11.3 Å². The Bertz CT molecular complexity index is 1780. The molecular formula is C29H23Br2N3O4S. The Morgan fingerprint density at radius 1 is 1.15 bits per heavy atom. The van der Waals surface area contributed by atoms with Crippen molar-refractivity contribution in [3.05, 3.63) is 118 Å². The normalized spacial score (nSPS) is 15.1. The maximum atomic E-state index is 13.9. The first-order chi connectivity index (χ1) is 18.8. The first-order valence-electron chi connectivity index (χ1n) is 12.1. The minimum atomic E-state index is -0.717. The summed E-state index contributed by atoms with van der Waals surface area (Å²) in [6, 6.07) is 19.3. The molecule has 3 aromatic carbocycles. The second-order valence-corrected chi connectivity index (χ2v) is 11.5. The number of aromatic nitrogens is 1. The molecule has 0 aliphatic carbocycles. The van der Waals surface area contributed by atoms with E-state index in [4.69, 9.17) is 4.74 Å². The molecule has 0 saturated carbocycles. The molecule has 2 heterocycles. The van der Waals surface area contributed by atoms with Crippen molar-refractivity contribution in [1.29, 1.82) is 0 Å². The van der Waals surface area contributed by atoms with Crippen LogP contribution in [0.1, 0.15) is 31.0 Å². The maximum Gasteiger partial charge on any atom is 0.271 e. The molecule has 1 atom stereocenters. The van der Waals surface area contributed by atoms with E-state index in [0.29, 0.717) is 48.7 Å². The van der Waals surface area contributed by atoms with Crippen molar-refractivity contribution in [3.8, 4) is 11.5 Å². The summed E-state index contributed by atoms with van der Waals surface area (Å²) in [4.78, 5) is 32.7. The number of benzene rings is 3. The molecule has 1 aromatic heterocycles. The summed E-state index contributed by atoms with van der Waals surface area (Å²) < 4.78 is 8.77. The molecule has 1 amide bonds. The van der Waals surface area contributed by atoms with Gasteiger partial charge < -0.3 is 15.2 Å². The highest BCUT2D eigenvalue weighted by Gasteiger charge is 2.32. The van der Waals surface area contributed by atoms with E-state index in [9.17, 15) is 14.7 Å². The number of carbonyl (C=O) groups excluding carboxylic acids is 1. The van der Waals surface area contributed by atoms with Crippen LogP contribution >= 0.6 is 43.2 Å². The lowest BCUT2D eigenvalue weighted by molar-refractivity contribution is -0.113. The summed E-state index contributed by atoms with van der Waals surface area (Å²) in [6.07, 6.45) is 1.63. The molecule has 4 aromatic rings. The van der Waals surface area contributed by atoms with Gasteiger partial charge in [-0.25, -0.2) is 4.99 Å². The Kier molecular flexibility index (Phi) is 7.88. The number of fused-ring (bicyclic) bond motifs is 1. The van der Waals surface area contributed by atoms with Gasteiger partial charge in [0, 0.05) is 15.7 Å². The van der Waals surface area contributed by atoms with Gasteiger partial charge in [-0.1, -0.05) is 57.6 Å². The van der Waals surface area contributed by atoms with Gasteiger partial charge in [-0.2, -0.15) is 0 Å². The SMILES string of the molecule is CCOc1ccc([C@H]2C(C(=O)Nc3ccccc3)=C(C)N=c3s/c(=C\c4cc(Br)cc(Br)c4O)c(=O)n32)cc1. The lowest BCUT2D eigenvalue weighted by atomic mass is 9.95. The highest BCUT2D eigenvalue weighted by molar-refractivity contribution is 9.11. The van der Waals surface area contributed by atoms with Gasteiger partial charge >= 0.3 is 0 Å². The minimum Gasteiger partial charge on any atom is -0.506 e. The predicted molar refractivity (Wildman–Crippen MR) is 160 cm³/mol. The summed E-state index contributed by atoms with van der Waals surface area (Å²) in [5.74, 6) is 0.371. The van der Waals surface area contributed by atoms with Crippen molar-refractivity contribution >= 4 is 60.9 Å². The van der Waals surface area contributed by atoms with Crippen LogP contribution in [0.5, 0.6) is 11.5 Å². The van der Waals surface area contributed by atoms with Crippen LogP contribution in [0.15, 0.2) is 96.7 Å². The van der Waals surface area contributed by atoms with Gasteiger partial charge in [-0.15, -0.1) is 0 Å². The zero-order valence-corrected chi connectivity index (χ0v) is 24.9. The number of nitrogens with zero attached hydrogens (tertiary/aromatic N) is 2. The Hall–Kier alpha value is -3.47. The van der Waals surface area contributed by atoms with Gasteiger partial charge in [-0.3, -0.25) is 14.2 Å². The first kappa shape index (κ1) is 27.1. The van der Waals surface area contributed by atoms with Crippen molar-refractivity contribution in [3.63, 3.8) is 0 Å². The first-order valence-corrected chi connectivity index (χ1v) is 14.5. The molecular weight excluding hydrogens is 646 g/mol. The summed E-state index contributed by atoms with van der Waals surface area (Å²) in [5.41, 5.74) is 2.42. The number of halogens is 2. The summed E-state index contributed by atoms with van der Waals surface area (Å²) in [7, 11) is 0. The number of ether oxygens (including phenoxy) is 1. The number of aromatic hydroxyl groups is 1. The summed E-state index contributed by atoms with van der Waals surface area (Å²) in [5, 5.41) is 13.5. The molecule has 39 heavy (non-hydrogen) atoms. The van der Waals surface area contributed by atoms with Crippen LogP contribution in [0.2, 0.25) is 0 Å². The van der Waals surface area contributed by atoms with E-state index in [0.717, 1.165) is 10.0 Å². The molecule has 2 N–H and O–H groups in total. The zero-order chi connectivity index (χ0) is 27.7. The Balaban J connectivity index is 1.68. The number of para-hydroxylation sites is 1. The van der Waals surface area contributed by atoms with Gasteiger partial charge in [0.15, 0.2) is 4.80 Å². The van der Waals surface area contributed by atoms with Crippen LogP contribution in [-0.2, 0) is 4.79 Å². The average Bonchev–Trinajstić information content (AvgIpc) is 3.21. The van der Waals surface area contributed by atoms with Crippen LogP contribution in [0, 0.1) is 0 Å². The van der Waals surface area contributed by atoms with Crippen LogP contribution in [-0.4, -0.2) is 22.2 Å². The third-order valence-corrected chi connectivity index (χ3v) is 8.19. The highest BCUT2D eigenvalue weighted by atomic mass is 79.9. The molecule has 0 saturated heterocycles. The molecule has 0 radical (unpaired) electrons. The monoisotopic (exact) mass is 667 g/mol. The van der Waals surface area contributed by atoms with Gasteiger partial charge in [0.25, 0.3) is 11.5 Å². The Labute approximate surface area is 245 Å². The topological polar surface area (TPSA) is 92.9 Å². The smallest absolute Gasteiger partial charge is 0.271 e. The molecule has 0 spiro atoms. The lowest BCUT2D eigenvalue weighted by Gasteiger charge is -2.25.